The summed E-state index contributed by atoms with van der Waals surface area (Å²) in [4.78, 5) is 12.5. The lowest BCUT2D eigenvalue weighted by atomic mass is 9.92. The van der Waals surface area contributed by atoms with Gasteiger partial charge in [-0.15, -0.1) is 0 Å². The number of carbonyl (C=O) groups is 1. The standard InChI is InChI=1S/C17H13NO5/c19-13-5-11(9-1-2-14-15(3-9)21-7-20-14)18-12-6-17-16(4-10(12)13)22-8-23-17/h1-4,6,11,18H,5,7-8H2/t11-/m0/s1. The summed E-state index contributed by atoms with van der Waals surface area (Å²) in [6.45, 7) is 0.431. The van der Waals surface area contributed by atoms with Crippen molar-refractivity contribution in [1.29, 1.82) is 0 Å². The molecule has 2 aromatic carbocycles. The van der Waals surface area contributed by atoms with E-state index in [0.717, 1.165) is 17.0 Å². The van der Waals surface area contributed by atoms with Crippen molar-refractivity contribution >= 4 is 11.5 Å². The first-order chi connectivity index (χ1) is 11.3. The highest BCUT2D eigenvalue weighted by molar-refractivity contribution is 6.04. The fourth-order valence-corrected chi connectivity index (χ4v) is 3.16. The molecule has 0 aliphatic carbocycles. The number of ketones is 1. The first-order valence-electron chi connectivity index (χ1n) is 7.41. The molecule has 0 saturated carbocycles. The zero-order chi connectivity index (χ0) is 15.4. The average molecular weight is 311 g/mol. The molecule has 0 aromatic heterocycles. The molecule has 6 heteroatoms. The predicted molar refractivity (Wildman–Crippen MR) is 80.4 cm³/mol. The van der Waals surface area contributed by atoms with Gasteiger partial charge >= 0.3 is 0 Å². The van der Waals surface area contributed by atoms with Crippen molar-refractivity contribution in [3.8, 4) is 23.0 Å². The van der Waals surface area contributed by atoms with Crippen LogP contribution in [0.3, 0.4) is 0 Å². The van der Waals surface area contributed by atoms with Gasteiger partial charge in [0, 0.05) is 23.7 Å². The lowest BCUT2D eigenvalue weighted by Crippen LogP contribution is -2.22. The Morgan fingerprint density at radius 3 is 2.39 bits per heavy atom. The summed E-state index contributed by atoms with van der Waals surface area (Å²) in [7, 11) is 0. The van der Waals surface area contributed by atoms with Crippen LogP contribution in [0.4, 0.5) is 5.69 Å². The Hall–Kier alpha value is -2.89. The number of ether oxygens (including phenoxy) is 4. The Kier molecular flexibility index (Phi) is 2.50. The number of fused-ring (bicyclic) bond motifs is 3. The van der Waals surface area contributed by atoms with Crippen LogP contribution in [-0.4, -0.2) is 19.4 Å². The summed E-state index contributed by atoms with van der Waals surface area (Å²) in [5.41, 5.74) is 2.41. The molecule has 116 valence electrons. The summed E-state index contributed by atoms with van der Waals surface area (Å²) in [6, 6.07) is 9.22. The summed E-state index contributed by atoms with van der Waals surface area (Å²) < 4.78 is 21.5. The fraction of sp³-hybridized carbons (Fsp3) is 0.235. The highest BCUT2D eigenvalue weighted by Crippen LogP contribution is 2.43. The number of hydrogen-bond donors (Lipinski definition) is 1. The molecular weight excluding hydrogens is 298 g/mol. The molecule has 0 saturated heterocycles. The average Bonchev–Trinajstić information content (AvgIpc) is 3.20. The highest BCUT2D eigenvalue weighted by Gasteiger charge is 2.29. The monoisotopic (exact) mass is 311 g/mol. The van der Waals surface area contributed by atoms with Crippen LogP contribution in [0.5, 0.6) is 23.0 Å². The van der Waals surface area contributed by atoms with E-state index in [-0.39, 0.29) is 25.4 Å². The Morgan fingerprint density at radius 2 is 1.57 bits per heavy atom. The van der Waals surface area contributed by atoms with Crippen LogP contribution in [0.15, 0.2) is 30.3 Å². The van der Waals surface area contributed by atoms with Crippen molar-refractivity contribution < 1.29 is 23.7 Å². The van der Waals surface area contributed by atoms with Crippen LogP contribution in [0.2, 0.25) is 0 Å². The van der Waals surface area contributed by atoms with E-state index in [0.29, 0.717) is 29.2 Å². The second-order valence-corrected chi connectivity index (χ2v) is 5.69. The maximum Gasteiger partial charge on any atom is 0.231 e. The van der Waals surface area contributed by atoms with E-state index in [1.165, 1.54) is 0 Å². The van der Waals surface area contributed by atoms with Gasteiger partial charge in [0.1, 0.15) is 0 Å². The summed E-state index contributed by atoms with van der Waals surface area (Å²) in [5, 5.41) is 3.41. The van der Waals surface area contributed by atoms with E-state index in [9.17, 15) is 4.79 Å². The van der Waals surface area contributed by atoms with Crippen LogP contribution in [0.25, 0.3) is 0 Å². The molecule has 0 fully saturated rings. The molecule has 3 aliphatic heterocycles. The highest BCUT2D eigenvalue weighted by atomic mass is 16.7. The zero-order valence-electron chi connectivity index (χ0n) is 12.1. The Balaban J connectivity index is 1.52. The molecule has 6 nitrogen and oxygen atoms in total. The smallest absolute Gasteiger partial charge is 0.231 e. The van der Waals surface area contributed by atoms with Crippen molar-refractivity contribution in [2.24, 2.45) is 0 Å². The van der Waals surface area contributed by atoms with Gasteiger partial charge in [0.2, 0.25) is 13.6 Å². The molecule has 5 rings (SSSR count). The van der Waals surface area contributed by atoms with E-state index in [2.05, 4.69) is 5.32 Å². The van der Waals surface area contributed by atoms with Gasteiger partial charge in [-0.05, 0) is 23.8 Å². The molecule has 3 heterocycles. The van der Waals surface area contributed by atoms with Crippen LogP contribution < -0.4 is 24.3 Å². The van der Waals surface area contributed by atoms with Crippen LogP contribution in [0, 0.1) is 0 Å². The van der Waals surface area contributed by atoms with Crippen LogP contribution in [-0.2, 0) is 0 Å². The van der Waals surface area contributed by atoms with Gasteiger partial charge in [-0.1, -0.05) is 6.07 Å². The molecule has 23 heavy (non-hydrogen) atoms. The first kappa shape index (κ1) is 12.6. The molecule has 0 bridgehead atoms. The third kappa shape index (κ3) is 1.91. The number of benzene rings is 2. The lowest BCUT2D eigenvalue weighted by Gasteiger charge is -2.26. The lowest BCUT2D eigenvalue weighted by molar-refractivity contribution is 0.0971. The van der Waals surface area contributed by atoms with Crippen molar-refractivity contribution in [2.75, 3.05) is 18.9 Å². The molecule has 0 unspecified atom stereocenters. The molecule has 1 atom stereocenters. The number of carbonyl (C=O) groups excluding carboxylic acids is 1. The maximum absolute atomic E-state index is 12.5. The van der Waals surface area contributed by atoms with Gasteiger partial charge < -0.3 is 24.3 Å². The molecule has 3 aliphatic rings. The first-order valence-corrected chi connectivity index (χ1v) is 7.41. The van der Waals surface area contributed by atoms with Crippen molar-refractivity contribution in [3.05, 3.63) is 41.5 Å². The van der Waals surface area contributed by atoms with Crippen LogP contribution in [0.1, 0.15) is 28.4 Å². The summed E-state index contributed by atoms with van der Waals surface area (Å²) >= 11 is 0. The van der Waals surface area contributed by atoms with Crippen LogP contribution >= 0.6 is 0 Å². The van der Waals surface area contributed by atoms with Crippen molar-refractivity contribution in [2.45, 2.75) is 12.5 Å². The number of hydrogen-bond acceptors (Lipinski definition) is 6. The zero-order valence-corrected chi connectivity index (χ0v) is 12.1. The topological polar surface area (TPSA) is 66.0 Å². The minimum absolute atomic E-state index is 0.0831. The Morgan fingerprint density at radius 1 is 0.870 bits per heavy atom. The van der Waals surface area contributed by atoms with Gasteiger partial charge in [0.15, 0.2) is 28.8 Å². The minimum atomic E-state index is -0.107. The SMILES string of the molecule is O=C1C[C@@H](c2ccc3c(c2)OCO3)Nc2cc3c(cc21)OCO3. The Bertz CT molecular complexity index is 832. The molecule has 2 aromatic rings. The summed E-state index contributed by atoms with van der Waals surface area (Å²) in [5.74, 6) is 2.82. The maximum atomic E-state index is 12.5. The minimum Gasteiger partial charge on any atom is -0.454 e. The quantitative estimate of drug-likeness (QED) is 0.873. The van der Waals surface area contributed by atoms with E-state index in [1.807, 2.05) is 24.3 Å². The second kappa shape index (κ2) is 4.55. The molecular formula is C17H13NO5. The third-order valence-corrected chi connectivity index (χ3v) is 4.33. The molecule has 0 spiro atoms. The third-order valence-electron chi connectivity index (χ3n) is 4.33. The second-order valence-electron chi connectivity index (χ2n) is 5.69. The van der Waals surface area contributed by atoms with Gasteiger partial charge in [0.05, 0.1) is 6.04 Å². The molecule has 0 amide bonds. The molecule has 0 radical (unpaired) electrons. The Labute approximate surface area is 131 Å². The number of rotatable bonds is 1. The van der Waals surface area contributed by atoms with Gasteiger partial charge in [-0.3, -0.25) is 4.79 Å². The summed E-state index contributed by atoms with van der Waals surface area (Å²) in [6.07, 6.45) is 0.381. The van der Waals surface area contributed by atoms with Gasteiger partial charge in [-0.2, -0.15) is 0 Å². The molecule has 1 N–H and O–H groups in total. The number of Topliss-reactive ketones (excluding diaryl/α,β-unsaturated/α-hetero) is 1. The number of anilines is 1. The van der Waals surface area contributed by atoms with E-state index < -0.39 is 0 Å². The van der Waals surface area contributed by atoms with Gasteiger partial charge in [-0.25, -0.2) is 0 Å². The van der Waals surface area contributed by atoms with Crippen molar-refractivity contribution in [1.82, 2.24) is 0 Å². The fourth-order valence-electron chi connectivity index (χ4n) is 3.16. The van der Waals surface area contributed by atoms with Gasteiger partial charge in [0.25, 0.3) is 0 Å². The normalized spacial score (nSPS) is 20.2. The predicted octanol–water partition coefficient (Wildman–Crippen LogP) is 2.88. The van der Waals surface area contributed by atoms with E-state index in [1.54, 1.807) is 6.07 Å². The largest absolute Gasteiger partial charge is 0.454 e. The van der Waals surface area contributed by atoms with Crippen molar-refractivity contribution in [3.63, 3.8) is 0 Å². The number of nitrogens with one attached hydrogen (secondary N) is 1. The van der Waals surface area contributed by atoms with E-state index in [4.69, 9.17) is 18.9 Å². The van der Waals surface area contributed by atoms with E-state index >= 15 is 0 Å².